The van der Waals surface area contributed by atoms with Crippen LogP contribution in [0, 0.1) is 23.7 Å². The molecule has 0 radical (unpaired) electrons. The Bertz CT molecular complexity index is 1440. The molecule has 3 heterocycles. The lowest BCUT2D eigenvalue weighted by Gasteiger charge is -2.32. The number of hydrogen-bond acceptors (Lipinski definition) is 9. The Kier molecular flexibility index (Phi) is 10.4. The van der Waals surface area contributed by atoms with Gasteiger partial charge in [0.1, 0.15) is 35.7 Å². The molecule has 2 bridgehead atoms. The first-order chi connectivity index (χ1) is 22.7. The van der Waals surface area contributed by atoms with E-state index in [1.54, 1.807) is 12.0 Å². The molecule has 2 saturated carbocycles. The number of aromatic nitrogens is 2. The van der Waals surface area contributed by atoms with Crippen LogP contribution < -0.4 is 14.8 Å². The molecule has 2 aliphatic carbocycles. The molecule has 6 atom stereocenters. The zero-order valence-electron chi connectivity index (χ0n) is 28.2. The molecule has 1 saturated heterocycles. The van der Waals surface area contributed by atoms with E-state index >= 15 is 0 Å². The van der Waals surface area contributed by atoms with Gasteiger partial charge in [-0.1, -0.05) is 46.5 Å². The van der Waals surface area contributed by atoms with Crippen molar-refractivity contribution in [1.29, 1.82) is 0 Å². The summed E-state index contributed by atoms with van der Waals surface area (Å²) in [4.78, 5) is 53.1. The number of methoxy groups -OCH3 is 1. The summed E-state index contributed by atoms with van der Waals surface area (Å²) in [5.74, 6) is 0.476. The molecule has 11 heteroatoms. The fraction of sp³-hybridized carbons (Fsp3) is 0.694. The number of esters is 1. The van der Waals surface area contributed by atoms with Gasteiger partial charge in [-0.25, -0.2) is 19.6 Å². The fourth-order valence-electron chi connectivity index (χ4n) is 7.63. The van der Waals surface area contributed by atoms with Gasteiger partial charge >= 0.3 is 12.1 Å². The van der Waals surface area contributed by atoms with Gasteiger partial charge in [-0.15, -0.1) is 0 Å². The third-order valence-corrected chi connectivity index (χ3v) is 10.3. The number of ether oxygens (including phenoxy) is 4. The van der Waals surface area contributed by atoms with E-state index in [9.17, 15) is 14.4 Å². The van der Waals surface area contributed by atoms with Crippen molar-refractivity contribution in [2.24, 2.45) is 23.7 Å². The number of rotatable bonds is 6. The number of nitrogens with one attached hydrogen (secondary N) is 1. The summed E-state index contributed by atoms with van der Waals surface area (Å²) in [6, 6.07) is 3.98. The van der Waals surface area contributed by atoms with Gasteiger partial charge < -0.3 is 29.2 Å². The van der Waals surface area contributed by atoms with E-state index in [2.05, 4.69) is 5.32 Å². The quantitative estimate of drug-likeness (QED) is 0.397. The van der Waals surface area contributed by atoms with Crippen molar-refractivity contribution in [3.63, 3.8) is 0 Å². The zero-order valence-corrected chi connectivity index (χ0v) is 28.2. The summed E-state index contributed by atoms with van der Waals surface area (Å²) >= 11 is 0. The predicted octanol–water partition coefficient (Wildman–Crippen LogP) is 5.61. The first kappa shape index (κ1) is 33.3. The number of fused-ring (bicyclic) bond motifs is 5. The van der Waals surface area contributed by atoms with Gasteiger partial charge in [0.15, 0.2) is 0 Å². The second kappa shape index (κ2) is 14.6. The van der Waals surface area contributed by atoms with E-state index in [4.69, 9.17) is 28.9 Å². The summed E-state index contributed by atoms with van der Waals surface area (Å²) in [7, 11) is 1.62. The van der Waals surface area contributed by atoms with Crippen molar-refractivity contribution in [3.05, 3.63) is 23.9 Å². The highest BCUT2D eigenvalue weighted by Crippen LogP contribution is 2.40. The fourth-order valence-corrected chi connectivity index (χ4v) is 7.63. The van der Waals surface area contributed by atoms with Crippen LogP contribution >= 0.6 is 0 Å². The predicted molar refractivity (Wildman–Crippen MR) is 175 cm³/mol. The zero-order chi connectivity index (χ0) is 33.1. The Labute approximate surface area is 277 Å². The van der Waals surface area contributed by atoms with Crippen molar-refractivity contribution in [2.75, 3.05) is 20.3 Å². The molecule has 256 valence electrons. The van der Waals surface area contributed by atoms with Gasteiger partial charge in [-0.05, 0) is 74.8 Å². The Morgan fingerprint density at radius 3 is 2.51 bits per heavy atom. The van der Waals surface area contributed by atoms with Crippen LogP contribution in [0.25, 0.3) is 11.0 Å². The maximum absolute atomic E-state index is 14.6. The smallest absolute Gasteiger partial charge is 0.408 e. The molecule has 6 rings (SSSR count). The summed E-state index contributed by atoms with van der Waals surface area (Å²) in [5.41, 5.74) is 2.18. The topological polar surface area (TPSA) is 129 Å². The number of aryl methyl sites for hydroxylation is 1. The summed E-state index contributed by atoms with van der Waals surface area (Å²) in [6.45, 7) is 6.38. The van der Waals surface area contributed by atoms with Crippen LogP contribution in [0.1, 0.15) is 90.7 Å². The minimum Gasteiger partial charge on any atom is -0.497 e. The second-order valence-corrected chi connectivity index (χ2v) is 14.2. The molecule has 0 unspecified atom stereocenters. The van der Waals surface area contributed by atoms with Crippen LogP contribution in [-0.4, -0.2) is 77.4 Å². The van der Waals surface area contributed by atoms with Crippen molar-refractivity contribution in [1.82, 2.24) is 20.2 Å². The molecule has 3 fully saturated rings. The Morgan fingerprint density at radius 2 is 1.77 bits per heavy atom. The molecule has 1 N–H and O–H groups in total. The maximum atomic E-state index is 14.6. The first-order valence-corrected chi connectivity index (χ1v) is 17.7. The Morgan fingerprint density at radius 1 is 1.00 bits per heavy atom. The highest BCUT2D eigenvalue weighted by atomic mass is 16.6. The third kappa shape index (κ3) is 7.59. The number of hydrogen-bond donors (Lipinski definition) is 1. The molecular weight excluding hydrogens is 600 g/mol. The second-order valence-electron chi connectivity index (χ2n) is 14.2. The van der Waals surface area contributed by atoms with Crippen LogP contribution in [0.4, 0.5) is 4.79 Å². The average Bonchev–Trinajstić information content (AvgIpc) is 3.40. The highest BCUT2D eigenvalue weighted by molar-refractivity contribution is 5.91. The van der Waals surface area contributed by atoms with E-state index in [0.29, 0.717) is 35.9 Å². The molecule has 47 heavy (non-hydrogen) atoms. The monoisotopic (exact) mass is 650 g/mol. The van der Waals surface area contributed by atoms with E-state index in [1.807, 2.05) is 39.0 Å². The number of nitrogens with zero attached hydrogens (tertiary/aromatic N) is 3. The first-order valence-electron chi connectivity index (χ1n) is 17.7. The standard InChI is InChI=1S/C36H50N4O7/c1-5-25-30-19-40(32(25)35(42)45-20-21(2)3)34(41)31(22-11-9-10-12-22)39-36(43)47-29-17-23(29)13-7-6-8-14-27-33(46-30)38-28-18-24(44-4)15-16-26(28)37-27/h15-16,18,21-23,25,29-32H,5-14,17,19-20H2,1-4H3,(H,39,43)/t23-,25-,29-,30+,31+,32+/m1/s1. The van der Waals surface area contributed by atoms with E-state index in [0.717, 1.165) is 69.0 Å². The maximum Gasteiger partial charge on any atom is 0.408 e. The van der Waals surface area contributed by atoms with Crippen LogP contribution in [0.15, 0.2) is 18.2 Å². The number of amides is 2. The minimum atomic E-state index is -0.857. The van der Waals surface area contributed by atoms with Crippen LogP contribution in [0.5, 0.6) is 11.6 Å². The van der Waals surface area contributed by atoms with Crippen molar-refractivity contribution >= 4 is 29.0 Å². The number of carbonyl (C=O) groups is 3. The van der Waals surface area contributed by atoms with Crippen molar-refractivity contribution < 1.29 is 33.3 Å². The van der Waals surface area contributed by atoms with Crippen LogP contribution in [0.2, 0.25) is 0 Å². The van der Waals surface area contributed by atoms with Gasteiger partial charge in [-0.2, -0.15) is 0 Å². The number of carbonyl (C=O) groups excluding carboxylic acids is 3. The third-order valence-electron chi connectivity index (χ3n) is 10.3. The number of alkyl carbamates (subject to hydrolysis) is 1. The molecule has 2 aromatic rings. The average molecular weight is 651 g/mol. The Hall–Kier alpha value is -3.63. The van der Waals surface area contributed by atoms with E-state index in [-0.39, 0.29) is 42.9 Å². The minimum absolute atomic E-state index is 0.0315. The molecule has 1 aromatic heterocycles. The SMILES string of the molecule is CC[C@@H]1[C@@H]2CN(C(=O)[C@H](C3CCCC3)NC(=O)O[C@@H]3C[C@H]3CCCCCc3nc4ccc(OC)cc4nc3O2)[C@@H]1C(=O)OCC(C)C. The van der Waals surface area contributed by atoms with Crippen molar-refractivity contribution in [3.8, 4) is 11.6 Å². The molecule has 2 amide bonds. The highest BCUT2D eigenvalue weighted by Gasteiger charge is 2.52. The summed E-state index contributed by atoms with van der Waals surface area (Å²) in [6.07, 6.45) is 8.50. The molecule has 2 aliphatic heterocycles. The van der Waals surface area contributed by atoms with Gasteiger partial charge in [0.05, 0.1) is 31.3 Å². The van der Waals surface area contributed by atoms with Gasteiger partial charge in [0, 0.05) is 12.0 Å². The van der Waals surface area contributed by atoms with E-state index in [1.165, 1.54) is 0 Å². The van der Waals surface area contributed by atoms with Crippen molar-refractivity contribution in [2.45, 2.75) is 116 Å². The molecule has 1 aromatic carbocycles. The molecule has 4 aliphatic rings. The lowest BCUT2D eigenvalue weighted by Crippen LogP contribution is -2.55. The lowest BCUT2D eigenvalue weighted by molar-refractivity contribution is -0.156. The molecular formula is C36H50N4O7. The summed E-state index contributed by atoms with van der Waals surface area (Å²) < 4.78 is 23.8. The summed E-state index contributed by atoms with van der Waals surface area (Å²) in [5, 5.41) is 2.96. The molecule has 11 nitrogen and oxygen atoms in total. The van der Waals surface area contributed by atoms with E-state index < -0.39 is 30.3 Å². The van der Waals surface area contributed by atoms with Gasteiger partial charge in [0.2, 0.25) is 11.8 Å². The largest absolute Gasteiger partial charge is 0.497 e. The van der Waals surface area contributed by atoms with Gasteiger partial charge in [-0.3, -0.25) is 4.79 Å². The van der Waals surface area contributed by atoms with Crippen LogP contribution in [0.3, 0.4) is 0 Å². The number of benzene rings is 1. The lowest BCUT2D eigenvalue weighted by atomic mass is 9.93. The van der Waals surface area contributed by atoms with Crippen LogP contribution in [-0.2, 0) is 25.5 Å². The van der Waals surface area contributed by atoms with Gasteiger partial charge in [0.25, 0.3) is 0 Å². The Balaban J connectivity index is 1.38. The molecule has 0 spiro atoms. The normalized spacial score (nSPS) is 28.8.